The number of amides is 1. The van der Waals surface area contributed by atoms with Crippen molar-refractivity contribution in [3.05, 3.63) is 0 Å². The normalized spacial score (nSPS) is 23.2. The maximum Gasteiger partial charge on any atom is 0.233 e. The number of carbonyl (C=O) groups excluding carboxylic acids is 1. The molecule has 1 atom stereocenters. The first-order chi connectivity index (χ1) is 6.05. The lowest BCUT2D eigenvalue weighted by atomic mass is 10.1. The van der Waals surface area contributed by atoms with Crippen LogP contribution in [0.5, 0.6) is 0 Å². The Kier molecular flexibility index (Phi) is 4.10. The zero-order valence-corrected chi connectivity index (χ0v) is 10.5. The lowest BCUT2D eigenvalue weighted by Gasteiger charge is -2.25. The van der Waals surface area contributed by atoms with E-state index in [-0.39, 0.29) is 16.7 Å². The summed E-state index contributed by atoms with van der Waals surface area (Å²) in [5, 5.41) is 4.03. The van der Waals surface area contributed by atoms with Crippen LogP contribution in [0.2, 0.25) is 0 Å². The van der Waals surface area contributed by atoms with Gasteiger partial charge in [0.1, 0.15) is 0 Å². The minimum absolute atomic E-state index is 0.125. The van der Waals surface area contributed by atoms with Crippen molar-refractivity contribution in [3.8, 4) is 0 Å². The molecule has 1 unspecified atom stereocenters. The fourth-order valence-electron chi connectivity index (χ4n) is 1.23. The highest BCUT2D eigenvalue weighted by Gasteiger charge is 2.27. The Labute approximate surface area is 92.4 Å². The van der Waals surface area contributed by atoms with E-state index >= 15 is 0 Å². The average molecular weight is 266 g/mol. The second-order valence-electron chi connectivity index (χ2n) is 4.01. The van der Waals surface area contributed by atoms with Gasteiger partial charge in [-0.15, -0.1) is 11.8 Å². The number of alkyl halides is 1. The van der Waals surface area contributed by atoms with Crippen LogP contribution in [-0.4, -0.2) is 27.8 Å². The van der Waals surface area contributed by atoms with Crippen molar-refractivity contribution >= 4 is 33.6 Å². The summed E-state index contributed by atoms with van der Waals surface area (Å²) in [6.45, 7) is 4.05. The summed E-state index contributed by atoms with van der Waals surface area (Å²) in [7, 11) is 0. The minimum Gasteiger partial charge on any atom is -0.349 e. The van der Waals surface area contributed by atoms with Crippen LogP contribution in [0.4, 0.5) is 0 Å². The SMILES string of the molecule is CC(C)(CBr)NC(=O)C1CCCS1. The smallest absolute Gasteiger partial charge is 0.233 e. The quantitative estimate of drug-likeness (QED) is 0.793. The Balaban J connectivity index is 2.40. The van der Waals surface area contributed by atoms with Gasteiger partial charge in [-0.2, -0.15) is 0 Å². The number of thioether (sulfide) groups is 1. The van der Waals surface area contributed by atoms with Crippen LogP contribution >= 0.6 is 27.7 Å². The van der Waals surface area contributed by atoms with E-state index in [0.29, 0.717) is 0 Å². The maximum absolute atomic E-state index is 11.7. The summed E-state index contributed by atoms with van der Waals surface area (Å²) in [6.07, 6.45) is 2.21. The van der Waals surface area contributed by atoms with Gasteiger partial charge in [0, 0.05) is 10.9 Å². The fourth-order valence-corrected chi connectivity index (χ4v) is 2.53. The van der Waals surface area contributed by atoms with Crippen LogP contribution in [0.25, 0.3) is 0 Å². The molecule has 0 spiro atoms. The Morgan fingerprint density at radius 3 is 2.85 bits per heavy atom. The monoisotopic (exact) mass is 265 g/mol. The molecule has 1 amide bonds. The topological polar surface area (TPSA) is 29.1 Å². The van der Waals surface area contributed by atoms with E-state index in [4.69, 9.17) is 0 Å². The van der Waals surface area contributed by atoms with E-state index in [1.807, 2.05) is 13.8 Å². The summed E-state index contributed by atoms with van der Waals surface area (Å²) in [6, 6.07) is 0. The molecule has 0 bridgehead atoms. The molecule has 1 aliphatic rings. The van der Waals surface area contributed by atoms with Gasteiger partial charge in [0.15, 0.2) is 0 Å². The molecular weight excluding hydrogens is 250 g/mol. The van der Waals surface area contributed by atoms with E-state index in [1.165, 1.54) is 6.42 Å². The van der Waals surface area contributed by atoms with Gasteiger partial charge in [0.2, 0.25) is 5.91 Å². The lowest BCUT2D eigenvalue weighted by molar-refractivity contribution is -0.121. The van der Waals surface area contributed by atoms with Crippen molar-refractivity contribution < 1.29 is 4.79 Å². The Morgan fingerprint density at radius 2 is 2.38 bits per heavy atom. The Hall–Kier alpha value is 0.300. The first kappa shape index (κ1) is 11.4. The average Bonchev–Trinajstić information content (AvgIpc) is 2.55. The molecule has 0 aromatic carbocycles. The summed E-state index contributed by atoms with van der Waals surface area (Å²) in [5.41, 5.74) is -0.125. The first-order valence-electron chi connectivity index (χ1n) is 4.55. The first-order valence-corrected chi connectivity index (χ1v) is 6.72. The van der Waals surface area contributed by atoms with Crippen molar-refractivity contribution in [2.75, 3.05) is 11.1 Å². The van der Waals surface area contributed by atoms with Crippen LogP contribution in [-0.2, 0) is 4.79 Å². The molecule has 1 saturated heterocycles. The second-order valence-corrected chi connectivity index (χ2v) is 5.88. The van der Waals surface area contributed by atoms with E-state index in [0.717, 1.165) is 17.5 Å². The van der Waals surface area contributed by atoms with Gasteiger partial charge in [0.25, 0.3) is 0 Å². The van der Waals surface area contributed by atoms with Gasteiger partial charge >= 0.3 is 0 Å². The molecule has 1 N–H and O–H groups in total. The minimum atomic E-state index is -0.125. The van der Waals surface area contributed by atoms with Gasteiger partial charge in [-0.1, -0.05) is 15.9 Å². The van der Waals surface area contributed by atoms with Gasteiger partial charge in [-0.25, -0.2) is 0 Å². The van der Waals surface area contributed by atoms with Gasteiger partial charge in [-0.05, 0) is 32.4 Å². The third kappa shape index (κ3) is 3.50. The number of carbonyl (C=O) groups is 1. The number of hydrogen-bond acceptors (Lipinski definition) is 2. The van der Waals surface area contributed by atoms with Crippen molar-refractivity contribution in [2.45, 2.75) is 37.5 Å². The number of rotatable bonds is 3. The van der Waals surface area contributed by atoms with Crippen LogP contribution < -0.4 is 5.32 Å². The Morgan fingerprint density at radius 1 is 1.69 bits per heavy atom. The maximum atomic E-state index is 11.7. The van der Waals surface area contributed by atoms with E-state index < -0.39 is 0 Å². The number of halogens is 1. The predicted octanol–water partition coefficient (Wildman–Crippen LogP) is 2.17. The fraction of sp³-hybridized carbons (Fsp3) is 0.889. The highest BCUT2D eigenvalue weighted by atomic mass is 79.9. The largest absolute Gasteiger partial charge is 0.349 e. The molecule has 13 heavy (non-hydrogen) atoms. The molecule has 76 valence electrons. The molecule has 1 heterocycles. The number of nitrogens with one attached hydrogen (secondary N) is 1. The van der Waals surface area contributed by atoms with E-state index in [1.54, 1.807) is 11.8 Å². The summed E-state index contributed by atoms with van der Waals surface area (Å²) in [4.78, 5) is 11.7. The Bertz CT molecular complexity index is 190. The molecule has 0 aromatic heterocycles. The van der Waals surface area contributed by atoms with Crippen LogP contribution in [0.15, 0.2) is 0 Å². The van der Waals surface area contributed by atoms with Crippen molar-refractivity contribution in [3.63, 3.8) is 0 Å². The van der Waals surface area contributed by atoms with Gasteiger partial charge in [0.05, 0.1) is 5.25 Å². The molecule has 4 heteroatoms. The third-order valence-corrected chi connectivity index (χ3v) is 4.80. The second kappa shape index (κ2) is 4.69. The standard InChI is InChI=1S/C9H16BrNOS/c1-9(2,6-10)11-8(12)7-4-3-5-13-7/h7H,3-6H2,1-2H3,(H,11,12). The molecule has 0 aromatic rings. The molecule has 0 radical (unpaired) electrons. The number of hydrogen-bond donors (Lipinski definition) is 1. The lowest BCUT2D eigenvalue weighted by Crippen LogP contribution is -2.47. The highest BCUT2D eigenvalue weighted by molar-refractivity contribution is 9.09. The molecule has 0 aliphatic carbocycles. The van der Waals surface area contributed by atoms with Crippen LogP contribution in [0.3, 0.4) is 0 Å². The van der Waals surface area contributed by atoms with Crippen molar-refractivity contribution in [2.24, 2.45) is 0 Å². The predicted molar refractivity (Wildman–Crippen MR) is 61.5 cm³/mol. The summed E-state index contributed by atoms with van der Waals surface area (Å²) < 4.78 is 0. The van der Waals surface area contributed by atoms with E-state index in [9.17, 15) is 4.79 Å². The molecule has 2 nitrogen and oxygen atoms in total. The molecule has 1 rings (SSSR count). The molecular formula is C9H16BrNOS. The summed E-state index contributed by atoms with van der Waals surface area (Å²) in [5.74, 6) is 1.33. The highest BCUT2D eigenvalue weighted by Crippen LogP contribution is 2.26. The summed E-state index contributed by atoms with van der Waals surface area (Å²) >= 11 is 5.16. The molecule has 1 fully saturated rings. The van der Waals surface area contributed by atoms with Gasteiger partial charge < -0.3 is 5.32 Å². The molecule has 1 aliphatic heterocycles. The molecule has 0 saturated carbocycles. The van der Waals surface area contributed by atoms with Crippen LogP contribution in [0, 0.1) is 0 Å². The van der Waals surface area contributed by atoms with Crippen LogP contribution in [0.1, 0.15) is 26.7 Å². The van der Waals surface area contributed by atoms with Gasteiger partial charge in [-0.3, -0.25) is 4.79 Å². The zero-order valence-electron chi connectivity index (χ0n) is 8.10. The van der Waals surface area contributed by atoms with Crippen molar-refractivity contribution in [1.29, 1.82) is 0 Å². The zero-order chi connectivity index (χ0) is 9.90. The van der Waals surface area contributed by atoms with E-state index in [2.05, 4.69) is 21.2 Å². The van der Waals surface area contributed by atoms with Crippen molar-refractivity contribution in [1.82, 2.24) is 5.32 Å². The third-order valence-electron chi connectivity index (χ3n) is 2.02.